The van der Waals surface area contributed by atoms with Crippen molar-refractivity contribution in [3.63, 3.8) is 0 Å². The molecule has 0 nitrogen and oxygen atoms in total. The maximum absolute atomic E-state index is 2.44. The molecule has 21 rings (SSSR count). The van der Waals surface area contributed by atoms with Gasteiger partial charge in [0.05, 0.1) is 0 Å². The Balaban J connectivity index is 0.609. The van der Waals surface area contributed by atoms with E-state index in [4.69, 9.17) is 0 Å². The molecule has 3 heteroatoms. The van der Waals surface area contributed by atoms with Gasteiger partial charge < -0.3 is 0 Å². The lowest BCUT2D eigenvalue weighted by Crippen LogP contribution is -1.88. The fourth-order valence-corrected chi connectivity index (χ4v) is 19.9. The Labute approximate surface area is 589 Å². The molecule has 100 heavy (non-hydrogen) atoms. The molecule has 0 unspecified atom stereocenters. The van der Waals surface area contributed by atoms with Crippen LogP contribution in [0.2, 0.25) is 0 Å². The van der Waals surface area contributed by atoms with Gasteiger partial charge in [0.2, 0.25) is 0 Å². The van der Waals surface area contributed by atoms with E-state index in [1.165, 1.54) is 220 Å². The smallest absolute Gasteiger partial charge is 0.0433 e. The topological polar surface area (TPSA) is 0 Å². The average molecular weight is 1320 g/mol. The van der Waals surface area contributed by atoms with Gasteiger partial charge in [0.25, 0.3) is 0 Å². The third-order valence-electron chi connectivity index (χ3n) is 21.2. The van der Waals surface area contributed by atoms with Crippen LogP contribution in [0.25, 0.3) is 214 Å². The number of benzene rings is 18. The number of fused-ring (bicyclic) bond motifs is 21. The molecule has 0 spiro atoms. The first kappa shape index (κ1) is 57.3. The summed E-state index contributed by atoms with van der Waals surface area (Å²) in [6, 6.07) is 126. The molecule has 0 radical (unpaired) electrons. The monoisotopic (exact) mass is 1320 g/mol. The highest BCUT2D eigenvalue weighted by Gasteiger charge is 2.19. The van der Waals surface area contributed by atoms with E-state index in [1.807, 2.05) is 34.0 Å². The van der Waals surface area contributed by atoms with Gasteiger partial charge in [-0.05, 0) is 245 Å². The number of aryl methyl sites for hydroxylation is 1. The van der Waals surface area contributed by atoms with Crippen molar-refractivity contribution in [3.05, 3.63) is 339 Å². The van der Waals surface area contributed by atoms with Crippen molar-refractivity contribution in [2.45, 2.75) is 6.92 Å². The summed E-state index contributed by atoms with van der Waals surface area (Å²) in [6.07, 6.45) is 0. The molecule has 18 aromatic carbocycles. The summed E-state index contributed by atoms with van der Waals surface area (Å²) in [7, 11) is 0. The first-order valence-corrected chi connectivity index (χ1v) is 36.8. The van der Waals surface area contributed by atoms with E-state index in [1.54, 1.807) is 0 Å². The highest BCUT2D eigenvalue weighted by atomic mass is 32.1. The van der Waals surface area contributed by atoms with Gasteiger partial charge in [-0.15, -0.1) is 34.0 Å². The standard InChI is InChI=1S/C97H58S3/c1-57-44-68(46-69(45-57)65-35-42-86-91-53-62(58-14-3-2-4-15-58)36-43-93(91)99-95(86)54-65)63-31-39-82-81-37-30-61(50-88(81)78-20-9-10-21-79(78)90(82)51-63)59-26-28-60(29-27-59)73-23-13-24-87-85-41-34-67(56-96(85)100-97(73)87)72-48-70(47-71(49-72)66-33-40-84-83-22-11-12-25-92(83)98-94(84)55-66)64-32-38-80-76-18-6-5-16-74(76)75-17-7-8-19-77(75)89(80)52-64/h2-56H,1H3. The molecular weight excluding hydrogens is 1260 g/mol. The van der Waals surface area contributed by atoms with Crippen LogP contribution in [-0.4, -0.2) is 0 Å². The third-order valence-corrected chi connectivity index (χ3v) is 24.7. The minimum atomic E-state index is 1.20. The fraction of sp³-hybridized carbons (Fsp3) is 0.0103. The van der Waals surface area contributed by atoms with E-state index in [0.717, 1.165) is 0 Å². The zero-order chi connectivity index (χ0) is 65.7. The molecule has 464 valence electrons. The van der Waals surface area contributed by atoms with Crippen LogP contribution in [-0.2, 0) is 0 Å². The van der Waals surface area contributed by atoms with Crippen molar-refractivity contribution < 1.29 is 0 Å². The van der Waals surface area contributed by atoms with E-state index in [2.05, 4.69) is 341 Å². The average Bonchev–Trinajstić information content (AvgIpc) is 1.20. The molecule has 0 bridgehead atoms. The molecule has 0 atom stereocenters. The first-order chi connectivity index (χ1) is 49.4. The maximum Gasteiger partial charge on any atom is 0.0433 e. The second kappa shape index (κ2) is 22.6. The summed E-state index contributed by atoms with van der Waals surface area (Å²) in [5.41, 5.74) is 20.8. The molecule has 0 saturated heterocycles. The van der Waals surface area contributed by atoms with Crippen LogP contribution < -0.4 is 0 Å². The van der Waals surface area contributed by atoms with Crippen LogP contribution >= 0.6 is 34.0 Å². The van der Waals surface area contributed by atoms with Gasteiger partial charge in [0.1, 0.15) is 0 Å². The molecule has 21 aromatic rings. The Morgan fingerprint density at radius 1 is 0.150 bits per heavy atom. The van der Waals surface area contributed by atoms with Gasteiger partial charge in [-0.2, -0.15) is 0 Å². The predicted molar refractivity (Wildman–Crippen MR) is 438 cm³/mol. The van der Waals surface area contributed by atoms with Gasteiger partial charge in [-0.25, -0.2) is 0 Å². The zero-order valence-corrected chi connectivity index (χ0v) is 56.9. The molecule has 3 heterocycles. The summed E-state index contributed by atoms with van der Waals surface area (Å²) in [5, 5.41) is 23.2. The number of rotatable bonds is 8. The van der Waals surface area contributed by atoms with Crippen LogP contribution in [0.3, 0.4) is 0 Å². The summed E-state index contributed by atoms with van der Waals surface area (Å²) in [5.74, 6) is 0. The number of thiophene rings is 3. The van der Waals surface area contributed by atoms with Crippen molar-refractivity contribution in [1.82, 2.24) is 0 Å². The van der Waals surface area contributed by atoms with Gasteiger partial charge >= 0.3 is 0 Å². The van der Waals surface area contributed by atoms with E-state index in [0.29, 0.717) is 0 Å². The Bertz CT molecular complexity index is 6960. The summed E-state index contributed by atoms with van der Waals surface area (Å²) in [4.78, 5) is 0. The quantitative estimate of drug-likeness (QED) is 0.133. The lowest BCUT2D eigenvalue weighted by Gasteiger charge is -2.14. The SMILES string of the molecule is Cc1cc(-c2ccc3c(c2)sc2ccc(-c4ccccc4)cc23)cc(-c2ccc3c4ccc(-c5ccc(-c6cccc7c6sc6cc(-c8cc(-c9ccc%10c(c9)sc9ccccc9%10)cc(-c9ccc%10c%11ccccc%11c%11ccccc%11c%10c9)c8)ccc67)cc5)cc4c4ccccc4c3c2)c1. The number of hydrogen-bond acceptors (Lipinski definition) is 3. The molecule has 0 aliphatic heterocycles. The molecule has 0 fully saturated rings. The first-order valence-electron chi connectivity index (χ1n) is 34.4. The Morgan fingerprint density at radius 3 is 0.950 bits per heavy atom. The van der Waals surface area contributed by atoms with Crippen molar-refractivity contribution in [1.29, 1.82) is 0 Å². The van der Waals surface area contributed by atoms with E-state index < -0.39 is 0 Å². The lowest BCUT2D eigenvalue weighted by molar-refractivity contribution is 1.46. The van der Waals surface area contributed by atoms with Crippen molar-refractivity contribution in [2.75, 3.05) is 0 Å². The second-order valence-corrected chi connectivity index (χ2v) is 30.3. The summed E-state index contributed by atoms with van der Waals surface area (Å²) < 4.78 is 7.85. The van der Waals surface area contributed by atoms with Crippen LogP contribution in [0.1, 0.15) is 5.56 Å². The van der Waals surface area contributed by atoms with Gasteiger partial charge in [-0.3, -0.25) is 0 Å². The second-order valence-electron chi connectivity index (χ2n) is 27.1. The van der Waals surface area contributed by atoms with Crippen LogP contribution in [0.4, 0.5) is 0 Å². The van der Waals surface area contributed by atoms with Crippen LogP contribution in [0, 0.1) is 6.92 Å². The largest absolute Gasteiger partial charge is 0.135 e. The molecule has 0 saturated carbocycles. The van der Waals surface area contributed by atoms with E-state index in [9.17, 15) is 0 Å². The molecule has 0 aliphatic rings. The normalized spacial score (nSPS) is 12.1. The third kappa shape index (κ3) is 9.31. The Hall–Kier alpha value is -11.8. The van der Waals surface area contributed by atoms with Gasteiger partial charge in [0.15, 0.2) is 0 Å². The van der Waals surface area contributed by atoms with Crippen LogP contribution in [0.5, 0.6) is 0 Å². The van der Waals surface area contributed by atoms with Crippen molar-refractivity contribution >= 4 is 159 Å². The Kier molecular flexibility index (Phi) is 13.0. The maximum atomic E-state index is 2.44. The molecular formula is C97H58S3. The van der Waals surface area contributed by atoms with Crippen LogP contribution in [0.15, 0.2) is 334 Å². The molecule has 0 amide bonds. The minimum absolute atomic E-state index is 1.20. The highest BCUT2D eigenvalue weighted by molar-refractivity contribution is 7.27. The Morgan fingerprint density at radius 2 is 0.450 bits per heavy atom. The zero-order valence-electron chi connectivity index (χ0n) is 54.5. The van der Waals surface area contributed by atoms with Gasteiger partial charge in [0, 0.05) is 60.5 Å². The van der Waals surface area contributed by atoms with Crippen molar-refractivity contribution in [3.8, 4) is 89.0 Å². The summed E-state index contributed by atoms with van der Waals surface area (Å²) in [6.45, 7) is 2.23. The number of hydrogen-bond donors (Lipinski definition) is 0. The minimum Gasteiger partial charge on any atom is -0.135 e. The lowest BCUT2D eigenvalue weighted by atomic mass is 9.89. The molecule has 3 aromatic heterocycles. The highest BCUT2D eigenvalue weighted by Crippen LogP contribution is 2.47. The van der Waals surface area contributed by atoms with Crippen molar-refractivity contribution in [2.24, 2.45) is 0 Å². The molecule has 0 aliphatic carbocycles. The summed E-state index contributed by atoms with van der Waals surface area (Å²) >= 11 is 5.67. The molecule has 0 N–H and O–H groups in total. The fourth-order valence-electron chi connectivity index (χ4n) is 16.4. The van der Waals surface area contributed by atoms with E-state index in [-0.39, 0.29) is 0 Å². The predicted octanol–water partition coefficient (Wildman–Crippen LogP) is 29.4. The van der Waals surface area contributed by atoms with Gasteiger partial charge in [-0.1, -0.05) is 255 Å². The van der Waals surface area contributed by atoms with E-state index >= 15 is 0 Å².